The van der Waals surface area contributed by atoms with E-state index in [1.807, 2.05) is 6.08 Å². The van der Waals surface area contributed by atoms with Gasteiger partial charge in [-0.2, -0.15) is 0 Å². The van der Waals surface area contributed by atoms with Crippen molar-refractivity contribution in [1.82, 2.24) is 0 Å². The van der Waals surface area contributed by atoms with Crippen LogP contribution >= 0.6 is 0 Å². The van der Waals surface area contributed by atoms with Gasteiger partial charge in [-0.05, 0) is 112 Å². The Morgan fingerprint density at radius 3 is 2.69 bits per heavy atom. The maximum atomic E-state index is 12.0. The van der Waals surface area contributed by atoms with Crippen molar-refractivity contribution >= 4 is 5.78 Å². The van der Waals surface area contributed by atoms with Crippen molar-refractivity contribution in [2.75, 3.05) is 6.61 Å². The third-order valence-electron chi connectivity index (χ3n) is 10.1. The van der Waals surface area contributed by atoms with Crippen molar-refractivity contribution in [3.05, 3.63) is 11.6 Å². The molecule has 162 valence electrons. The van der Waals surface area contributed by atoms with Crippen molar-refractivity contribution < 1.29 is 14.3 Å². The molecule has 3 saturated carbocycles. The van der Waals surface area contributed by atoms with E-state index in [2.05, 4.69) is 20.8 Å². The predicted octanol–water partition coefficient (Wildman–Crippen LogP) is 6.07. The molecule has 1 heterocycles. The number of carbonyl (C=O) groups excluding carboxylic acids is 1. The molecule has 0 aromatic rings. The minimum absolute atomic E-state index is 0.0267. The van der Waals surface area contributed by atoms with Crippen LogP contribution in [0.2, 0.25) is 0 Å². The zero-order valence-corrected chi connectivity index (χ0v) is 18.8. The number of carbonyl (C=O) groups is 1. The van der Waals surface area contributed by atoms with Crippen LogP contribution in [-0.2, 0) is 14.3 Å². The average Bonchev–Trinajstić information content (AvgIpc) is 3.06. The molecule has 0 N–H and O–H groups in total. The zero-order valence-electron chi connectivity index (χ0n) is 18.8. The topological polar surface area (TPSA) is 35.5 Å². The summed E-state index contributed by atoms with van der Waals surface area (Å²) in [6.07, 6.45) is 15.5. The molecule has 0 aromatic heterocycles. The molecule has 4 aliphatic carbocycles. The van der Waals surface area contributed by atoms with Gasteiger partial charge in [-0.15, -0.1) is 0 Å². The van der Waals surface area contributed by atoms with E-state index in [1.165, 1.54) is 50.5 Å². The van der Waals surface area contributed by atoms with Gasteiger partial charge in [0.1, 0.15) is 0 Å². The highest BCUT2D eigenvalue weighted by molar-refractivity contribution is 5.91. The Hall–Kier alpha value is -0.670. The highest BCUT2D eigenvalue weighted by atomic mass is 16.7. The second-order valence-corrected chi connectivity index (χ2v) is 11.3. The number of hydrogen-bond acceptors (Lipinski definition) is 3. The summed E-state index contributed by atoms with van der Waals surface area (Å²) in [5, 5.41) is 0. The second kappa shape index (κ2) is 7.48. The molecule has 3 heteroatoms. The summed E-state index contributed by atoms with van der Waals surface area (Å²) in [5.74, 6) is 3.49. The lowest BCUT2D eigenvalue weighted by atomic mass is 9.46. The Morgan fingerprint density at radius 2 is 1.90 bits per heavy atom. The summed E-state index contributed by atoms with van der Waals surface area (Å²) < 4.78 is 12.4. The smallest absolute Gasteiger partial charge is 0.157 e. The lowest BCUT2D eigenvalue weighted by Crippen LogP contribution is -2.51. The van der Waals surface area contributed by atoms with Gasteiger partial charge in [0, 0.05) is 13.0 Å². The molecule has 5 rings (SSSR count). The molecule has 1 aliphatic heterocycles. The fourth-order valence-corrected chi connectivity index (χ4v) is 8.52. The van der Waals surface area contributed by atoms with Gasteiger partial charge < -0.3 is 9.47 Å². The monoisotopic (exact) mass is 400 g/mol. The number of ether oxygens (including phenoxy) is 2. The van der Waals surface area contributed by atoms with Crippen molar-refractivity contribution in [2.45, 2.75) is 104 Å². The van der Waals surface area contributed by atoms with Crippen LogP contribution < -0.4 is 0 Å². The molecule has 2 unspecified atom stereocenters. The first kappa shape index (κ1) is 20.2. The van der Waals surface area contributed by atoms with Crippen LogP contribution in [0, 0.1) is 34.5 Å². The van der Waals surface area contributed by atoms with Crippen LogP contribution in [0.5, 0.6) is 0 Å². The predicted molar refractivity (Wildman–Crippen MR) is 114 cm³/mol. The van der Waals surface area contributed by atoms with Crippen LogP contribution in [0.1, 0.15) is 91.4 Å². The number of rotatable bonds is 3. The average molecular weight is 401 g/mol. The van der Waals surface area contributed by atoms with Gasteiger partial charge in [0.25, 0.3) is 0 Å². The van der Waals surface area contributed by atoms with Gasteiger partial charge in [0.05, 0.1) is 6.10 Å². The van der Waals surface area contributed by atoms with E-state index in [1.54, 1.807) is 0 Å². The normalized spacial score (nSPS) is 48.3. The third kappa shape index (κ3) is 3.26. The van der Waals surface area contributed by atoms with Crippen LogP contribution in [0.3, 0.4) is 0 Å². The first-order valence-electron chi connectivity index (χ1n) is 12.4. The Morgan fingerprint density at radius 1 is 1.03 bits per heavy atom. The Kier molecular flexibility index (Phi) is 5.22. The van der Waals surface area contributed by atoms with E-state index in [-0.39, 0.29) is 11.7 Å². The molecule has 1 saturated heterocycles. The SMILES string of the molecule is CC(OC1CCCCO1)[C@H]1CC[C@H]2[C@@H]3CCC4=CC(=O)CC[C@]4(C)[C@H]3CC[C@]12C. The number of hydrogen-bond donors (Lipinski definition) is 0. The van der Waals surface area contributed by atoms with E-state index >= 15 is 0 Å². The van der Waals surface area contributed by atoms with Crippen molar-refractivity contribution in [3.63, 3.8) is 0 Å². The summed E-state index contributed by atoms with van der Waals surface area (Å²) in [6, 6.07) is 0. The van der Waals surface area contributed by atoms with E-state index in [9.17, 15) is 4.79 Å². The van der Waals surface area contributed by atoms with Crippen LogP contribution in [0.25, 0.3) is 0 Å². The highest BCUT2D eigenvalue weighted by Gasteiger charge is 2.59. The highest BCUT2D eigenvalue weighted by Crippen LogP contribution is 2.67. The molecule has 0 bridgehead atoms. The van der Waals surface area contributed by atoms with Crippen LogP contribution in [-0.4, -0.2) is 24.8 Å². The van der Waals surface area contributed by atoms with E-state index in [0.717, 1.165) is 50.0 Å². The third-order valence-corrected chi connectivity index (χ3v) is 10.1. The van der Waals surface area contributed by atoms with Crippen LogP contribution in [0.15, 0.2) is 11.6 Å². The van der Waals surface area contributed by atoms with E-state index in [0.29, 0.717) is 23.2 Å². The number of fused-ring (bicyclic) bond motifs is 5. The zero-order chi connectivity index (χ0) is 20.2. The molecule has 0 amide bonds. The standard InChI is InChI=1S/C26H40O3/c1-17(29-24-6-4-5-15-28-24)21-9-10-22-20-8-7-18-16-19(27)11-13-25(18,2)23(20)12-14-26(21,22)3/h16-17,20-24H,4-15H2,1-3H3/t17?,20-,21+,22-,23-,24?,25-,26+/m0/s1. The van der Waals surface area contributed by atoms with Crippen molar-refractivity contribution in [1.29, 1.82) is 0 Å². The summed E-state index contributed by atoms with van der Waals surface area (Å²) >= 11 is 0. The molecule has 3 nitrogen and oxygen atoms in total. The fourth-order valence-electron chi connectivity index (χ4n) is 8.52. The molecule has 0 spiro atoms. The van der Waals surface area contributed by atoms with Gasteiger partial charge >= 0.3 is 0 Å². The molecular weight excluding hydrogens is 360 g/mol. The van der Waals surface area contributed by atoms with Gasteiger partial charge in [-0.1, -0.05) is 19.4 Å². The summed E-state index contributed by atoms with van der Waals surface area (Å²) in [7, 11) is 0. The lowest BCUT2D eigenvalue weighted by Gasteiger charge is -2.58. The van der Waals surface area contributed by atoms with Gasteiger partial charge in [-0.3, -0.25) is 4.79 Å². The molecule has 0 aromatic carbocycles. The maximum Gasteiger partial charge on any atom is 0.157 e. The molecule has 5 aliphatic rings. The second-order valence-electron chi connectivity index (χ2n) is 11.3. The lowest BCUT2D eigenvalue weighted by molar-refractivity contribution is -0.205. The molecule has 8 atom stereocenters. The molecule has 4 fully saturated rings. The van der Waals surface area contributed by atoms with Crippen LogP contribution in [0.4, 0.5) is 0 Å². The van der Waals surface area contributed by atoms with E-state index < -0.39 is 0 Å². The summed E-state index contributed by atoms with van der Waals surface area (Å²) in [5.41, 5.74) is 2.19. The maximum absolute atomic E-state index is 12.0. The first-order chi connectivity index (χ1) is 13.9. The Labute approximate surface area is 177 Å². The number of allylic oxidation sites excluding steroid dienone is 1. The molecular formula is C26H40O3. The Bertz CT molecular complexity index is 677. The van der Waals surface area contributed by atoms with Crippen molar-refractivity contribution in [3.8, 4) is 0 Å². The molecule has 29 heavy (non-hydrogen) atoms. The number of ketones is 1. The van der Waals surface area contributed by atoms with Crippen molar-refractivity contribution in [2.24, 2.45) is 34.5 Å². The van der Waals surface area contributed by atoms with E-state index in [4.69, 9.17) is 9.47 Å². The van der Waals surface area contributed by atoms with Gasteiger partial charge in [-0.25, -0.2) is 0 Å². The largest absolute Gasteiger partial charge is 0.353 e. The summed E-state index contributed by atoms with van der Waals surface area (Å²) in [4.78, 5) is 12.0. The minimum Gasteiger partial charge on any atom is -0.353 e. The minimum atomic E-state index is 0.0267. The first-order valence-corrected chi connectivity index (χ1v) is 12.4. The van der Waals surface area contributed by atoms with Gasteiger partial charge in [0.15, 0.2) is 12.1 Å². The molecule has 0 radical (unpaired) electrons. The quantitative estimate of drug-likeness (QED) is 0.577. The Balaban J connectivity index is 1.33. The van der Waals surface area contributed by atoms with Gasteiger partial charge in [0.2, 0.25) is 0 Å². The fraction of sp³-hybridized carbons (Fsp3) is 0.885. The summed E-state index contributed by atoms with van der Waals surface area (Å²) in [6.45, 7) is 8.26.